The molecule has 0 radical (unpaired) electrons. The molecule has 11 nitrogen and oxygen atoms in total. The van der Waals surface area contributed by atoms with E-state index in [-0.39, 0.29) is 23.4 Å². The van der Waals surface area contributed by atoms with Gasteiger partial charge in [0, 0.05) is 57.3 Å². The normalized spacial score (nSPS) is 25.6. The van der Waals surface area contributed by atoms with Crippen molar-refractivity contribution in [3.63, 3.8) is 0 Å². The van der Waals surface area contributed by atoms with Crippen molar-refractivity contribution in [2.24, 2.45) is 10.7 Å². The highest BCUT2D eigenvalue weighted by atomic mass is 35.5. The fourth-order valence-electron chi connectivity index (χ4n) is 7.60. The lowest BCUT2D eigenvalue weighted by Crippen LogP contribution is -2.41. The average Bonchev–Trinajstić information content (AvgIpc) is 3.55. The summed E-state index contributed by atoms with van der Waals surface area (Å²) in [6, 6.07) is 4.46. The molecule has 254 valence electrons. The predicted molar refractivity (Wildman–Crippen MR) is 179 cm³/mol. The quantitative estimate of drug-likeness (QED) is 0.466. The molecular formula is C34H45ClFN7O4. The zero-order valence-electron chi connectivity index (χ0n) is 27.5. The minimum atomic E-state index is -0.678. The number of aromatic nitrogens is 2. The van der Waals surface area contributed by atoms with Crippen LogP contribution in [0.15, 0.2) is 28.9 Å². The van der Waals surface area contributed by atoms with Gasteiger partial charge in [-0.15, -0.1) is 0 Å². The lowest BCUT2D eigenvalue weighted by Gasteiger charge is -2.43. The van der Waals surface area contributed by atoms with Gasteiger partial charge in [0.1, 0.15) is 23.3 Å². The summed E-state index contributed by atoms with van der Waals surface area (Å²) in [5.41, 5.74) is 9.90. The maximum atomic E-state index is 12.6. The number of likely N-dealkylation sites (N-methyl/N-ethyl adjacent to an activating group) is 1. The van der Waals surface area contributed by atoms with Gasteiger partial charge in [-0.25, -0.2) is 4.39 Å². The van der Waals surface area contributed by atoms with Crippen LogP contribution in [0.2, 0.25) is 5.02 Å². The number of hydrogen-bond donors (Lipinski definition) is 2. The molecular weight excluding hydrogens is 625 g/mol. The number of carbonyl (C=O) groups excluding carboxylic acids is 1. The molecule has 5 heterocycles. The molecule has 1 aromatic carbocycles. The van der Waals surface area contributed by atoms with Gasteiger partial charge in [0.2, 0.25) is 0 Å². The topological polar surface area (TPSA) is 130 Å². The van der Waals surface area contributed by atoms with E-state index in [1.807, 2.05) is 6.07 Å². The van der Waals surface area contributed by atoms with Crippen LogP contribution in [0.5, 0.6) is 11.8 Å². The molecule has 4 aliphatic heterocycles. The highest BCUT2D eigenvalue weighted by molar-refractivity contribution is 6.33. The maximum absolute atomic E-state index is 12.6. The predicted octanol–water partition coefficient (Wildman–Crippen LogP) is 3.92. The molecule has 1 spiro atoms. The Bertz CT molecular complexity index is 1560. The summed E-state index contributed by atoms with van der Waals surface area (Å²) in [5.74, 6) is 0.513. The van der Waals surface area contributed by atoms with E-state index in [1.54, 1.807) is 33.3 Å². The Hall–Kier alpha value is -3.48. The molecule has 1 aliphatic carbocycles. The van der Waals surface area contributed by atoms with E-state index < -0.39 is 11.8 Å². The minimum absolute atomic E-state index is 0.0542. The fraction of sp³-hybridized carbons (Fsp3) is 0.588. The van der Waals surface area contributed by atoms with Crippen LogP contribution in [-0.2, 0) is 34.6 Å². The number of methoxy groups -OCH3 is 1. The number of phenols is 1. The number of aromatic hydroxyl groups is 1. The number of aryl methyl sites for hydroxylation is 1. The second-order valence-corrected chi connectivity index (χ2v) is 13.7. The number of alkyl halides is 1. The summed E-state index contributed by atoms with van der Waals surface area (Å²) >= 11 is 6.64. The third kappa shape index (κ3) is 6.91. The van der Waals surface area contributed by atoms with Crippen molar-refractivity contribution >= 4 is 29.0 Å². The monoisotopic (exact) mass is 669 g/mol. The molecule has 1 aromatic heterocycles. The Morgan fingerprint density at radius 2 is 2.09 bits per heavy atom. The first-order valence-corrected chi connectivity index (χ1v) is 16.9. The van der Waals surface area contributed by atoms with E-state index >= 15 is 0 Å². The summed E-state index contributed by atoms with van der Waals surface area (Å²) in [5, 5.41) is 10.7. The van der Waals surface area contributed by atoms with Crippen LogP contribution >= 0.6 is 11.6 Å². The van der Waals surface area contributed by atoms with Gasteiger partial charge in [0.05, 0.1) is 42.4 Å². The first-order chi connectivity index (χ1) is 22.6. The molecule has 3 atom stereocenters. The summed E-state index contributed by atoms with van der Waals surface area (Å²) in [4.78, 5) is 32.2. The van der Waals surface area contributed by atoms with E-state index in [4.69, 9.17) is 36.8 Å². The number of amides is 1. The van der Waals surface area contributed by atoms with E-state index in [2.05, 4.69) is 14.8 Å². The Labute approximate surface area is 280 Å². The van der Waals surface area contributed by atoms with Crippen molar-refractivity contribution in [1.82, 2.24) is 19.8 Å². The second-order valence-electron chi connectivity index (χ2n) is 13.3. The average molecular weight is 670 g/mol. The molecule has 3 N–H and O–H groups in total. The Kier molecular flexibility index (Phi) is 9.91. The number of rotatable bonds is 4. The standard InChI is InChI=1S/C27H33ClN6O4.C7H12FN/c1-33(2)25(36)19(29)12-17-14-34(11-5-10-30-17)24-18-15-38-27(13-20(18)31-26(32-24)37-3)9-4-6-16-7-8-21(35)23(28)22(16)27;8-6-4-7-2-1-3-9(7)5-6/h7-8,12,35H,4-6,9-11,13-15,29H2,1-3H3;6-7H,1-5H2/b19-12-;. The minimum Gasteiger partial charge on any atom is -0.506 e. The second kappa shape index (κ2) is 13.9. The number of fused-ring (bicyclic) bond motifs is 4. The van der Waals surface area contributed by atoms with Gasteiger partial charge in [-0.1, -0.05) is 17.7 Å². The number of nitrogens with two attached hydrogens (primary N) is 1. The molecule has 3 unspecified atom stereocenters. The highest BCUT2D eigenvalue weighted by Crippen LogP contribution is 2.50. The number of ether oxygens (including phenoxy) is 2. The van der Waals surface area contributed by atoms with Gasteiger partial charge >= 0.3 is 6.01 Å². The molecule has 0 saturated carbocycles. The molecule has 1 amide bonds. The molecule has 47 heavy (non-hydrogen) atoms. The SMILES string of the molecule is COc1nc2c(c(N3CCCN=C(/C=C(\N)C(=O)N(C)C)C3)n1)COC1(CCCc3ccc(O)c(Cl)c31)C2.FC1CC2CCCN2C1. The molecule has 13 heteroatoms. The molecule has 7 rings (SSSR count). The van der Waals surface area contributed by atoms with Crippen LogP contribution in [0.3, 0.4) is 0 Å². The Morgan fingerprint density at radius 1 is 1.26 bits per heavy atom. The van der Waals surface area contributed by atoms with Gasteiger partial charge in [-0.2, -0.15) is 9.97 Å². The zero-order chi connectivity index (χ0) is 33.3. The third-order valence-corrected chi connectivity index (χ3v) is 10.2. The van der Waals surface area contributed by atoms with Crippen LogP contribution < -0.4 is 15.4 Å². The van der Waals surface area contributed by atoms with Crippen LogP contribution in [0.4, 0.5) is 10.2 Å². The Balaban J connectivity index is 0.000000366. The van der Waals surface area contributed by atoms with Crippen molar-refractivity contribution < 1.29 is 23.8 Å². The fourth-order valence-corrected chi connectivity index (χ4v) is 7.95. The number of phenolic OH excluding ortho intramolecular Hbond substituents is 1. The highest BCUT2D eigenvalue weighted by Gasteiger charge is 2.45. The smallest absolute Gasteiger partial charge is 0.318 e. The van der Waals surface area contributed by atoms with Crippen LogP contribution in [0, 0.1) is 0 Å². The summed E-state index contributed by atoms with van der Waals surface area (Å²) < 4.78 is 24.7. The molecule has 0 bridgehead atoms. The van der Waals surface area contributed by atoms with Crippen LogP contribution in [0.1, 0.15) is 60.9 Å². The van der Waals surface area contributed by atoms with E-state index in [0.29, 0.717) is 56.0 Å². The number of benzene rings is 1. The van der Waals surface area contributed by atoms with Gasteiger partial charge < -0.3 is 30.1 Å². The number of hydrogen-bond acceptors (Lipinski definition) is 10. The lowest BCUT2D eigenvalue weighted by atomic mass is 9.74. The van der Waals surface area contributed by atoms with Crippen molar-refractivity contribution in [2.75, 3.05) is 58.8 Å². The van der Waals surface area contributed by atoms with Crippen LogP contribution in [0.25, 0.3) is 0 Å². The van der Waals surface area contributed by atoms with Crippen molar-refractivity contribution in [2.45, 2.75) is 75.8 Å². The van der Waals surface area contributed by atoms with E-state index in [1.165, 1.54) is 17.7 Å². The first kappa shape index (κ1) is 33.4. The number of carbonyl (C=O) groups is 1. The van der Waals surface area contributed by atoms with Crippen molar-refractivity contribution in [3.05, 3.63) is 51.3 Å². The van der Waals surface area contributed by atoms with Gasteiger partial charge in [0.15, 0.2) is 0 Å². The summed E-state index contributed by atoms with van der Waals surface area (Å²) in [6.45, 7) is 3.91. The Morgan fingerprint density at radius 3 is 2.85 bits per heavy atom. The summed E-state index contributed by atoms with van der Waals surface area (Å²) in [7, 11) is 4.88. The summed E-state index contributed by atoms with van der Waals surface area (Å²) in [6.07, 6.45) is 8.36. The number of halogens is 2. The number of nitrogens with zero attached hydrogens (tertiary/aromatic N) is 6. The molecule has 5 aliphatic rings. The van der Waals surface area contributed by atoms with Gasteiger partial charge in [-0.05, 0) is 69.2 Å². The maximum Gasteiger partial charge on any atom is 0.318 e. The number of aliphatic imine (C=N–C) groups is 1. The largest absolute Gasteiger partial charge is 0.506 e. The number of anilines is 1. The van der Waals surface area contributed by atoms with Crippen LogP contribution in [-0.4, -0.2) is 103 Å². The van der Waals surface area contributed by atoms with Crippen molar-refractivity contribution in [3.8, 4) is 11.8 Å². The molecule has 2 saturated heterocycles. The molecule has 2 fully saturated rings. The van der Waals surface area contributed by atoms with Gasteiger partial charge in [-0.3, -0.25) is 14.7 Å². The first-order valence-electron chi connectivity index (χ1n) is 16.5. The van der Waals surface area contributed by atoms with Crippen molar-refractivity contribution in [1.29, 1.82) is 0 Å². The third-order valence-electron chi connectivity index (χ3n) is 9.86. The van der Waals surface area contributed by atoms with E-state index in [9.17, 15) is 14.3 Å². The zero-order valence-corrected chi connectivity index (χ0v) is 28.2. The lowest BCUT2D eigenvalue weighted by molar-refractivity contribution is -0.124. The molecule has 2 aromatic rings. The van der Waals surface area contributed by atoms with Gasteiger partial charge in [0.25, 0.3) is 5.91 Å². The van der Waals surface area contributed by atoms with E-state index in [0.717, 1.165) is 66.9 Å².